The summed E-state index contributed by atoms with van der Waals surface area (Å²) >= 11 is 0. The van der Waals surface area contributed by atoms with Gasteiger partial charge < -0.3 is 30.3 Å². The number of aliphatic hydroxyl groups excluding tert-OH is 5. The highest BCUT2D eigenvalue weighted by Crippen LogP contribution is 2.00. The Kier molecular flexibility index (Phi) is 10.3. The number of hydrogen-bond donors (Lipinski definition) is 5. The summed E-state index contributed by atoms with van der Waals surface area (Å²) < 4.78 is 0. The third kappa shape index (κ3) is 8.45. The van der Waals surface area contributed by atoms with Crippen molar-refractivity contribution in [1.29, 1.82) is 0 Å². The summed E-state index contributed by atoms with van der Waals surface area (Å²) in [5.74, 6) is -0.838. The molecule has 0 amide bonds. The van der Waals surface area contributed by atoms with Gasteiger partial charge in [-0.3, -0.25) is 4.79 Å². The molecule has 0 aliphatic heterocycles. The molecular formula is C9H18O7. The van der Waals surface area contributed by atoms with Crippen LogP contribution >= 0.6 is 0 Å². The van der Waals surface area contributed by atoms with Gasteiger partial charge in [0.15, 0.2) is 5.78 Å². The van der Waals surface area contributed by atoms with Crippen LogP contribution in [-0.2, 0) is 9.59 Å². The fourth-order valence-electron chi connectivity index (χ4n) is 0.602. The molecule has 0 aromatic carbocycles. The number of carbonyl (C=O) groups excluding carboxylic acids is 2. The fourth-order valence-corrected chi connectivity index (χ4v) is 0.602. The Balaban J connectivity index is 0. The fraction of sp³-hybridized carbons (Fsp3) is 0.778. The van der Waals surface area contributed by atoms with Crippen molar-refractivity contribution in [1.82, 2.24) is 0 Å². The smallest absolute Gasteiger partial charge is 0.189 e. The molecule has 96 valence electrons. The number of ketones is 2. The van der Waals surface area contributed by atoms with Gasteiger partial charge in [0, 0.05) is 0 Å². The van der Waals surface area contributed by atoms with E-state index in [0.717, 1.165) is 0 Å². The quantitative estimate of drug-likeness (QED) is 0.349. The van der Waals surface area contributed by atoms with Gasteiger partial charge in [0.05, 0.1) is 6.61 Å². The molecule has 0 saturated carbocycles. The van der Waals surface area contributed by atoms with Gasteiger partial charge in [-0.25, -0.2) is 0 Å². The van der Waals surface area contributed by atoms with Crippen molar-refractivity contribution in [2.45, 2.75) is 32.2 Å². The Hall–Kier alpha value is -0.860. The Morgan fingerprint density at radius 1 is 1.06 bits per heavy atom. The van der Waals surface area contributed by atoms with Gasteiger partial charge in [-0.1, -0.05) is 0 Å². The van der Waals surface area contributed by atoms with E-state index in [9.17, 15) is 9.59 Å². The maximum atomic E-state index is 10.5. The lowest BCUT2D eigenvalue weighted by Gasteiger charge is -2.19. The van der Waals surface area contributed by atoms with Crippen molar-refractivity contribution in [3.8, 4) is 0 Å². The first-order valence-corrected chi connectivity index (χ1v) is 4.53. The highest BCUT2D eigenvalue weighted by molar-refractivity contribution is 5.84. The largest absolute Gasteiger partial charge is 0.394 e. The molecule has 0 heterocycles. The van der Waals surface area contributed by atoms with Gasteiger partial charge in [0.25, 0.3) is 0 Å². The Bertz CT molecular complexity index is 212. The maximum Gasteiger partial charge on any atom is 0.189 e. The Morgan fingerprint density at radius 2 is 1.44 bits per heavy atom. The molecule has 0 saturated heterocycles. The molecule has 16 heavy (non-hydrogen) atoms. The van der Waals surface area contributed by atoms with E-state index in [1.54, 1.807) is 0 Å². The number of rotatable bonds is 5. The van der Waals surface area contributed by atoms with Crippen LogP contribution in [0.4, 0.5) is 0 Å². The van der Waals surface area contributed by atoms with E-state index in [1.807, 2.05) is 0 Å². The third-order valence-electron chi connectivity index (χ3n) is 1.39. The van der Waals surface area contributed by atoms with Crippen LogP contribution in [0.5, 0.6) is 0 Å². The van der Waals surface area contributed by atoms with Gasteiger partial charge in [0.1, 0.15) is 30.7 Å². The molecule has 7 heteroatoms. The number of hydrogen-bond acceptors (Lipinski definition) is 7. The van der Waals surface area contributed by atoms with Crippen molar-refractivity contribution >= 4 is 11.6 Å². The summed E-state index contributed by atoms with van der Waals surface area (Å²) in [7, 11) is 0. The molecule has 5 N–H and O–H groups in total. The van der Waals surface area contributed by atoms with Crippen LogP contribution in [0, 0.1) is 0 Å². The lowest BCUT2D eigenvalue weighted by molar-refractivity contribution is -0.142. The zero-order chi connectivity index (χ0) is 13.3. The minimum Gasteiger partial charge on any atom is -0.394 e. The summed E-state index contributed by atoms with van der Waals surface area (Å²) in [5.41, 5.74) is 0. The zero-order valence-electron chi connectivity index (χ0n) is 9.20. The standard InChI is InChI=1S/C6H12O6.C3H6O/c7-1-3(9)5(11)6(12)4(10)2-8;1-3(2)4/h3,5-9,11-12H,1-2H2;1-2H3/t3-,5+,6+;/m0./s1. The van der Waals surface area contributed by atoms with E-state index in [1.165, 1.54) is 13.8 Å². The highest BCUT2D eigenvalue weighted by Gasteiger charge is 2.28. The molecule has 0 radical (unpaired) electrons. The van der Waals surface area contributed by atoms with Crippen molar-refractivity contribution in [2.75, 3.05) is 13.2 Å². The predicted molar refractivity (Wildman–Crippen MR) is 53.6 cm³/mol. The van der Waals surface area contributed by atoms with Gasteiger partial charge >= 0.3 is 0 Å². The summed E-state index contributed by atoms with van der Waals surface area (Å²) in [4.78, 5) is 20.0. The molecule has 0 aromatic rings. The van der Waals surface area contributed by atoms with E-state index in [0.29, 0.717) is 0 Å². The summed E-state index contributed by atoms with van der Waals surface area (Å²) in [6.45, 7) is 1.37. The molecule has 0 spiro atoms. The van der Waals surface area contributed by atoms with E-state index >= 15 is 0 Å². The third-order valence-corrected chi connectivity index (χ3v) is 1.39. The van der Waals surface area contributed by atoms with E-state index < -0.39 is 37.3 Å². The SMILES string of the molecule is CC(C)=O.O=C(CO)[C@@H](O)[C@H](O)[C@@H](O)CO. The van der Waals surface area contributed by atoms with Crippen molar-refractivity contribution in [2.24, 2.45) is 0 Å². The minimum absolute atomic E-state index is 0.167. The molecule has 0 unspecified atom stereocenters. The van der Waals surface area contributed by atoms with Crippen LogP contribution in [0.1, 0.15) is 13.8 Å². The first-order valence-electron chi connectivity index (χ1n) is 4.53. The van der Waals surface area contributed by atoms with Gasteiger partial charge in [0.2, 0.25) is 0 Å². The second-order valence-electron chi connectivity index (χ2n) is 3.22. The monoisotopic (exact) mass is 238 g/mol. The molecule has 0 bridgehead atoms. The van der Waals surface area contributed by atoms with Crippen molar-refractivity contribution < 1.29 is 35.1 Å². The summed E-state index contributed by atoms with van der Waals surface area (Å²) in [5, 5.41) is 43.1. The molecular weight excluding hydrogens is 220 g/mol. The lowest BCUT2D eigenvalue weighted by Crippen LogP contribution is -2.44. The molecule has 0 aromatic heterocycles. The van der Waals surface area contributed by atoms with Crippen molar-refractivity contribution in [3.05, 3.63) is 0 Å². The minimum atomic E-state index is -1.86. The normalized spacial score (nSPS) is 15.4. The van der Waals surface area contributed by atoms with Crippen LogP contribution in [-0.4, -0.2) is 68.6 Å². The molecule has 0 aliphatic carbocycles. The average molecular weight is 238 g/mol. The number of aliphatic hydroxyl groups is 5. The Morgan fingerprint density at radius 3 is 1.69 bits per heavy atom. The second-order valence-corrected chi connectivity index (χ2v) is 3.22. The highest BCUT2D eigenvalue weighted by atomic mass is 16.4. The summed E-state index contributed by atoms with van der Waals surface area (Å²) in [6.07, 6.45) is -5.22. The Labute approximate surface area is 93.0 Å². The molecule has 0 fully saturated rings. The van der Waals surface area contributed by atoms with Crippen molar-refractivity contribution in [3.63, 3.8) is 0 Å². The lowest BCUT2D eigenvalue weighted by atomic mass is 10.1. The van der Waals surface area contributed by atoms with Crippen LogP contribution in [0.2, 0.25) is 0 Å². The van der Waals surface area contributed by atoms with Crippen LogP contribution in [0.25, 0.3) is 0 Å². The molecule has 3 atom stereocenters. The molecule has 0 aliphatic rings. The molecule has 0 rings (SSSR count). The van der Waals surface area contributed by atoms with E-state index in [2.05, 4.69) is 0 Å². The zero-order valence-corrected chi connectivity index (χ0v) is 9.20. The number of carbonyl (C=O) groups is 2. The van der Waals surface area contributed by atoms with Crippen LogP contribution < -0.4 is 0 Å². The van der Waals surface area contributed by atoms with Crippen LogP contribution in [0.15, 0.2) is 0 Å². The van der Waals surface area contributed by atoms with Gasteiger partial charge in [-0.05, 0) is 13.8 Å². The predicted octanol–water partition coefficient (Wildman–Crippen LogP) is -2.78. The second kappa shape index (κ2) is 9.37. The van der Waals surface area contributed by atoms with Gasteiger partial charge in [-0.15, -0.1) is 0 Å². The first kappa shape index (κ1) is 17.5. The summed E-state index contributed by atoms with van der Waals surface area (Å²) in [6, 6.07) is 0. The van der Waals surface area contributed by atoms with E-state index in [-0.39, 0.29) is 5.78 Å². The van der Waals surface area contributed by atoms with Gasteiger partial charge in [-0.2, -0.15) is 0 Å². The average Bonchev–Trinajstić information content (AvgIpc) is 2.24. The number of Topliss-reactive ketones (excluding diaryl/α,β-unsaturated/α-hetero) is 2. The first-order chi connectivity index (χ1) is 7.27. The molecule has 7 nitrogen and oxygen atoms in total. The van der Waals surface area contributed by atoms with Crippen LogP contribution in [0.3, 0.4) is 0 Å². The topological polar surface area (TPSA) is 135 Å². The van der Waals surface area contributed by atoms with E-state index in [4.69, 9.17) is 25.5 Å². The maximum absolute atomic E-state index is 10.5.